The highest BCUT2D eigenvalue weighted by Gasteiger charge is 2.70. The van der Waals surface area contributed by atoms with Gasteiger partial charge >= 0.3 is 0 Å². The van der Waals surface area contributed by atoms with E-state index in [1.54, 1.807) is 7.11 Å². The fraction of sp³-hybridized carbons (Fsp3) is 0.684. The predicted molar refractivity (Wildman–Crippen MR) is 86.6 cm³/mol. The molecule has 1 unspecified atom stereocenters. The average molecular weight is 329 g/mol. The zero-order chi connectivity index (χ0) is 15.9. The molecule has 2 bridgehead atoms. The van der Waals surface area contributed by atoms with Crippen molar-refractivity contribution < 1.29 is 18.9 Å². The van der Waals surface area contributed by atoms with E-state index in [0.717, 1.165) is 43.7 Å². The third-order valence-electron chi connectivity index (χ3n) is 7.11. The number of ether oxygens (including phenoxy) is 4. The van der Waals surface area contributed by atoms with E-state index in [2.05, 4.69) is 17.4 Å². The van der Waals surface area contributed by atoms with E-state index in [1.165, 1.54) is 11.1 Å². The fourth-order valence-electron chi connectivity index (χ4n) is 6.35. The standard InChI is InChI=1S/C19H23NO4/c1-21-14-3-2-11-10-13-12-4-5-19(22-8-9-23-19)17-18(12,6-7-20-13)15(11)16(14)24-17/h2-3,12-13,17,20H,4-10H2,1H3/t12-,13?,17+,18-/m1/s1. The maximum atomic E-state index is 6.64. The van der Waals surface area contributed by atoms with E-state index in [0.29, 0.717) is 25.2 Å². The van der Waals surface area contributed by atoms with Crippen molar-refractivity contribution in [1.82, 2.24) is 5.32 Å². The number of benzene rings is 1. The van der Waals surface area contributed by atoms with E-state index in [4.69, 9.17) is 18.9 Å². The molecule has 5 aliphatic rings. The number of nitrogens with one attached hydrogen (secondary N) is 1. The van der Waals surface area contributed by atoms with Gasteiger partial charge in [-0.2, -0.15) is 0 Å². The molecule has 24 heavy (non-hydrogen) atoms. The van der Waals surface area contributed by atoms with Crippen LogP contribution in [0.2, 0.25) is 0 Å². The molecule has 128 valence electrons. The number of piperidine rings is 1. The molecule has 5 nitrogen and oxygen atoms in total. The summed E-state index contributed by atoms with van der Waals surface area (Å²) in [5.41, 5.74) is 2.82. The molecule has 5 heteroatoms. The van der Waals surface area contributed by atoms with Gasteiger partial charge in [0.2, 0.25) is 5.79 Å². The van der Waals surface area contributed by atoms with Crippen LogP contribution in [0.3, 0.4) is 0 Å². The average Bonchev–Trinajstić information content (AvgIpc) is 3.19. The lowest BCUT2D eigenvalue weighted by Gasteiger charge is -2.58. The van der Waals surface area contributed by atoms with Crippen LogP contribution in [-0.4, -0.2) is 44.8 Å². The van der Waals surface area contributed by atoms with Crippen LogP contribution in [0.25, 0.3) is 0 Å². The highest BCUT2D eigenvalue weighted by atomic mass is 16.8. The normalized spacial score (nSPS) is 40.3. The van der Waals surface area contributed by atoms with Gasteiger partial charge in [-0.3, -0.25) is 0 Å². The van der Waals surface area contributed by atoms with Gasteiger partial charge in [0, 0.05) is 23.4 Å². The van der Waals surface area contributed by atoms with Crippen molar-refractivity contribution >= 4 is 0 Å². The lowest BCUT2D eigenvalue weighted by atomic mass is 9.51. The predicted octanol–water partition coefficient (Wildman–Crippen LogP) is 1.77. The molecule has 0 aromatic heterocycles. The maximum absolute atomic E-state index is 6.64. The van der Waals surface area contributed by atoms with Crippen LogP contribution in [0.5, 0.6) is 11.5 Å². The van der Waals surface area contributed by atoms with Crippen LogP contribution in [0, 0.1) is 5.92 Å². The molecule has 3 fully saturated rings. The number of fused-ring (bicyclic) bond motifs is 1. The van der Waals surface area contributed by atoms with Gasteiger partial charge in [0.25, 0.3) is 0 Å². The molecule has 1 aromatic rings. The first-order chi connectivity index (χ1) is 11.8. The number of hydrogen-bond donors (Lipinski definition) is 1. The molecule has 3 aliphatic heterocycles. The van der Waals surface area contributed by atoms with Crippen LogP contribution >= 0.6 is 0 Å². The Hall–Kier alpha value is -1.30. The number of methoxy groups -OCH3 is 1. The zero-order valence-electron chi connectivity index (χ0n) is 14.0. The lowest BCUT2D eigenvalue weighted by Crippen LogP contribution is -2.69. The van der Waals surface area contributed by atoms with Crippen molar-refractivity contribution in [2.24, 2.45) is 5.92 Å². The van der Waals surface area contributed by atoms with E-state index < -0.39 is 5.79 Å². The minimum absolute atomic E-state index is 0.00988. The Morgan fingerprint density at radius 3 is 2.92 bits per heavy atom. The topological polar surface area (TPSA) is 49.0 Å². The molecule has 0 radical (unpaired) electrons. The van der Waals surface area contributed by atoms with Gasteiger partial charge in [-0.25, -0.2) is 0 Å². The van der Waals surface area contributed by atoms with E-state index >= 15 is 0 Å². The Balaban J connectivity index is 1.63. The number of hydrogen-bond acceptors (Lipinski definition) is 5. The molecule has 1 aromatic carbocycles. The summed E-state index contributed by atoms with van der Waals surface area (Å²) >= 11 is 0. The lowest BCUT2D eigenvalue weighted by molar-refractivity contribution is -0.256. The van der Waals surface area contributed by atoms with Crippen molar-refractivity contribution in [3.8, 4) is 11.5 Å². The van der Waals surface area contributed by atoms with Crippen molar-refractivity contribution in [1.29, 1.82) is 0 Å². The van der Waals surface area contributed by atoms with Gasteiger partial charge in [0.05, 0.1) is 20.3 Å². The summed E-state index contributed by atoms with van der Waals surface area (Å²) in [7, 11) is 1.73. The Bertz CT molecular complexity index is 714. The summed E-state index contributed by atoms with van der Waals surface area (Å²) in [5, 5.41) is 3.77. The highest BCUT2D eigenvalue weighted by Crippen LogP contribution is 2.65. The fourth-order valence-corrected chi connectivity index (χ4v) is 6.35. The second-order valence-electron chi connectivity index (χ2n) is 7.84. The van der Waals surface area contributed by atoms with Gasteiger partial charge in [-0.15, -0.1) is 0 Å². The Morgan fingerprint density at radius 2 is 2.08 bits per heavy atom. The molecule has 3 heterocycles. The van der Waals surface area contributed by atoms with Crippen LogP contribution in [0.4, 0.5) is 0 Å². The van der Waals surface area contributed by atoms with Crippen molar-refractivity contribution in [2.45, 2.75) is 49.0 Å². The van der Waals surface area contributed by atoms with E-state index in [1.807, 2.05) is 0 Å². The maximum Gasteiger partial charge on any atom is 0.206 e. The van der Waals surface area contributed by atoms with Crippen LogP contribution in [-0.2, 0) is 21.3 Å². The summed E-state index contributed by atoms with van der Waals surface area (Å²) in [6.45, 7) is 2.37. The van der Waals surface area contributed by atoms with Gasteiger partial charge in [0.15, 0.2) is 17.6 Å². The molecule has 2 aliphatic carbocycles. The minimum atomic E-state index is -0.572. The zero-order valence-corrected chi connectivity index (χ0v) is 14.0. The molecule has 0 amide bonds. The first kappa shape index (κ1) is 13.9. The highest BCUT2D eigenvalue weighted by molar-refractivity contribution is 5.61. The molecule has 1 saturated carbocycles. The molecule has 6 rings (SSSR count). The molecular weight excluding hydrogens is 306 g/mol. The molecule has 2 spiro atoms. The van der Waals surface area contributed by atoms with E-state index in [-0.39, 0.29) is 11.5 Å². The van der Waals surface area contributed by atoms with Gasteiger partial charge in [-0.1, -0.05) is 6.07 Å². The first-order valence-corrected chi connectivity index (χ1v) is 9.17. The Kier molecular flexibility index (Phi) is 2.58. The van der Waals surface area contributed by atoms with Gasteiger partial charge in [-0.05, 0) is 43.4 Å². The first-order valence-electron chi connectivity index (χ1n) is 9.17. The summed E-state index contributed by atoms with van der Waals surface area (Å²) in [6, 6.07) is 4.83. The van der Waals surface area contributed by atoms with Crippen molar-refractivity contribution in [2.75, 3.05) is 26.9 Å². The van der Waals surface area contributed by atoms with Crippen LogP contribution < -0.4 is 14.8 Å². The summed E-state index contributed by atoms with van der Waals surface area (Å²) in [4.78, 5) is 0. The van der Waals surface area contributed by atoms with Gasteiger partial charge in [0.1, 0.15) is 0 Å². The number of rotatable bonds is 1. The van der Waals surface area contributed by atoms with Gasteiger partial charge < -0.3 is 24.3 Å². The molecular formula is C19H23NO4. The smallest absolute Gasteiger partial charge is 0.206 e. The second-order valence-corrected chi connectivity index (χ2v) is 7.84. The Labute approximate surface area is 141 Å². The van der Waals surface area contributed by atoms with Crippen LogP contribution in [0.1, 0.15) is 30.4 Å². The molecule has 4 atom stereocenters. The summed E-state index contributed by atoms with van der Waals surface area (Å²) in [5.74, 6) is 1.82. The third kappa shape index (κ3) is 1.40. The Morgan fingerprint density at radius 1 is 1.21 bits per heavy atom. The monoisotopic (exact) mass is 329 g/mol. The SMILES string of the molecule is COc1ccc2c3c1O[C@@H]1C4(CC[C@@H]5C(C2)NCC[C@]351)OCCO4. The van der Waals surface area contributed by atoms with Crippen molar-refractivity contribution in [3.63, 3.8) is 0 Å². The van der Waals surface area contributed by atoms with Crippen molar-refractivity contribution in [3.05, 3.63) is 23.3 Å². The minimum Gasteiger partial charge on any atom is -0.493 e. The molecule has 1 N–H and O–H groups in total. The summed E-state index contributed by atoms with van der Waals surface area (Å²) in [6.07, 6.45) is 4.17. The van der Waals surface area contributed by atoms with E-state index in [9.17, 15) is 0 Å². The second kappa shape index (κ2) is 4.45. The quantitative estimate of drug-likeness (QED) is 0.851. The third-order valence-corrected chi connectivity index (χ3v) is 7.11. The van der Waals surface area contributed by atoms with Crippen LogP contribution in [0.15, 0.2) is 12.1 Å². The largest absolute Gasteiger partial charge is 0.493 e. The molecule has 2 saturated heterocycles. The summed E-state index contributed by atoms with van der Waals surface area (Å²) < 4.78 is 24.7.